The zero-order valence-electron chi connectivity index (χ0n) is 12.1. The van der Waals surface area contributed by atoms with Gasteiger partial charge < -0.3 is 10.2 Å². The second-order valence-corrected chi connectivity index (χ2v) is 7.33. The largest absolute Gasteiger partial charge is 0.312 e. The SMILES string of the molecule is CN1CCCCC1CCNCc1cc2c(s1)CCC2. The van der Waals surface area contributed by atoms with E-state index < -0.39 is 0 Å². The van der Waals surface area contributed by atoms with Crippen LogP contribution >= 0.6 is 11.3 Å². The maximum absolute atomic E-state index is 3.64. The molecular formula is C16H26N2S. The Morgan fingerprint density at radius 2 is 2.26 bits per heavy atom. The zero-order valence-corrected chi connectivity index (χ0v) is 12.9. The molecule has 106 valence electrons. The quantitative estimate of drug-likeness (QED) is 0.832. The third-order valence-electron chi connectivity index (χ3n) is 4.67. The van der Waals surface area contributed by atoms with E-state index in [-0.39, 0.29) is 0 Å². The second kappa shape index (κ2) is 6.38. The monoisotopic (exact) mass is 278 g/mol. The highest BCUT2D eigenvalue weighted by Gasteiger charge is 2.18. The smallest absolute Gasteiger partial charge is 0.0299 e. The lowest BCUT2D eigenvalue weighted by atomic mass is 10.0. The van der Waals surface area contributed by atoms with Crippen LogP contribution in [0.4, 0.5) is 0 Å². The summed E-state index contributed by atoms with van der Waals surface area (Å²) in [5, 5.41) is 3.64. The second-order valence-electron chi connectivity index (χ2n) is 6.11. The zero-order chi connectivity index (χ0) is 13.1. The summed E-state index contributed by atoms with van der Waals surface area (Å²) in [7, 11) is 2.29. The Hall–Kier alpha value is -0.380. The summed E-state index contributed by atoms with van der Waals surface area (Å²) < 4.78 is 0. The Labute approximate surface area is 121 Å². The average Bonchev–Trinajstić information content (AvgIpc) is 2.97. The fourth-order valence-electron chi connectivity index (χ4n) is 3.47. The molecule has 1 fully saturated rings. The molecule has 2 aliphatic rings. The van der Waals surface area contributed by atoms with Crippen molar-refractivity contribution in [2.45, 2.75) is 57.5 Å². The van der Waals surface area contributed by atoms with E-state index in [0.29, 0.717) is 0 Å². The molecule has 1 aromatic heterocycles. The number of fused-ring (bicyclic) bond motifs is 1. The standard InChI is InChI=1S/C16H26N2S/c1-18-10-3-2-6-14(18)8-9-17-12-15-11-13-5-4-7-16(13)19-15/h11,14,17H,2-10,12H2,1H3. The molecule has 1 saturated heterocycles. The summed E-state index contributed by atoms with van der Waals surface area (Å²) in [5.41, 5.74) is 1.63. The maximum Gasteiger partial charge on any atom is 0.0299 e. The number of aryl methyl sites for hydroxylation is 2. The number of hydrogen-bond acceptors (Lipinski definition) is 3. The van der Waals surface area contributed by atoms with Gasteiger partial charge in [-0.1, -0.05) is 6.42 Å². The highest BCUT2D eigenvalue weighted by molar-refractivity contribution is 7.12. The topological polar surface area (TPSA) is 15.3 Å². The Kier molecular flexibility index (Phi) is 4.57. The molecular weight excluding hydrogens is 252 g/mol. The summed E-state index contributed by atoms with van der Waals surface area (Å²) in [6.45, 7) is 3.54. The van der Waals surface area contributed by atoms with Gasteiger partial charge in [0, 0.05) is 22.3 Å². The fraction of sp³-hybridized carbons (Fsp3) is 0.750. The Morgan fingerprint density at radius 3 is 3.11 bits per heavy atom. The maximum atomic E-state index is 3.64. The molecule has 0 bridgehead atoms. The van der Waals surface area contributed by atoms with E-state index >= 15 is 0 Å². The lowest BCUT2D eigenvalue weighted by molar-refractivity contribution is 0.175. The van der Waals surface area contributed by atoms with E-state index in [0.717, 1.165) is 19.1 Å². The number of thiophene rings is 1. The molecule has 0 amide bonds. The van der Waals surface area contributed by atoms with E-state index in [1.165, 1.54) is 51.5 Å². The number of hydrogen-bond donors (Lipinski definition) is 1. The first-order chi connectivity index (χ1) is 9.33. The summed E-state index contributed by atoms with van der Waals surface area (Å²) in [6.07, 6.45) is 9.54. The van der Waals surface area contributed by atoms with Gasteiger partial charge in [-0.2, -0.15) is 0 Å². The Balaban J connectivity index is 1.38. The van der Waals surface area contributed by atoms with Crippen molar-refractivity contribution in [1.82, 2.24) is 10.2 Å². The minimum atomic E-state index is 0.814. The molecule has 0 aromatic carbocycles. The van der Waals surface area contributed by atoms with Crippen LogP contribution in [0.25, 0.3) is 0 Å². The summed E-state index contributed by atoms with van der Waals surface area (Å²) >= 11 is 2.04. The van der Waals surface area contributed by atoms with Crippen molar-refractivity contribution in [1.29, 1.82) is 0 Å². The third kappa shape index (κ3) is 3.39. The summed E-state index contributed by atoms with van der Waals surface area (Å²) in [6, 6.07) is 3.25. The Bertz CT molecular complexity index is 391. The minimum absolute atomic E-state index is 0.814. The van der Waals surface area contributed by atoms with Crippen LogP contribution in [0, 0.1) is 0 Å². The molecule has 1 aromatic rings. The van der Waals surface area contributed by atoms with Crippen molar-refractivity contribution in [3.05, 3.63) is 21.4 Å². The molecule has 3 rings (SSSR count). The van der Waals surface area contributed by atoms with Crippen LogP contribution in [0.15, 0.2) is 6.07 Å². The van der Waals surface area contributed by atoms with E-state index in [9.17, 15) is 0 Å². The van der Waals surface area contributed by atoms with Gasteiger partial charge in [0.1, 0.15) is 0 Å². The van der Waals surface area contributed by atoms with Crippen LogP contribution in [0.3, 0.4) is 0 Å². The van der Waals surface area contributed by atoms with Gasteiger partial charge >= 0.3 is 0 Å². The van der Waals surface area contributed by atoms with Gasteiger partial charge in [-0.3, -0.25) is 0 Å². The van der Waals surface area contributed by atoms with E-state index in [2.05, 4.69) is 23.3 Å². The number of piperidine rings is 1. The van der Waals surface area contributed by atoms with Crippen molar-refractivity contribution in [2.24, 2.45) is 0 Å². The lowest BCUT2D eigenvalue weighted by Gasteiger charge is -2.32. The molecule has 0 radical (unpaired) electrons. The first-order valence-corrected chi connectivity index (χ1v) is 8.66. The molecule has 1 unspecified atom stereocenters. The van der Waals surface area contributed by atoms with Crippen molar-refractivity contribution in [3.63, 3.8) is 0 Å². The van der Waals surface area contributed by atoms with Crippen molar-refractivity contribution >= 4 is 11.3 Å². The van der Waals surface area contributed by atoms with Crippen LogP contribution in [0.5, 0.6) is 0 Å². The predicted octanol–water partition coefficient (Wildman–Crippen LogP) is 3.20. The molecule has 1 atom stereocenters. The Morgan fingerprint density at radius 1 is 1.32 bits per heavy atom. The van der Waals surface area contributed by atoms with Crippen LogP contribution in [0.2, 0.25) is 0 Å². The average molecular weight is 278 g/mol. The first kappa shape index (κ1) is 13.6. The number of nitrogens with one attached hydrogen (secondary N) is 1. The predicted molar refractivity (Wildman–Crippen MR) is 82.9 cm³/mol. The van der Waals surface area contributed by atoms with Crippen LogP contribution in [0.1, 0.15) is 47.4 Å². The molecule has 0 saturated carbocycles. The third-order valence-corrected chi connectivity index (χ3v) is 5.91. The summed E-state index contributed by atoms with van der Waals surface area (Å²) in [4.78, 5) is 5.75. The van der Waals surface area contributed by atoms with Gasteiger partial charge in [0.15, 0.2) is 0 Å². The molecule has 2 heterocycles. The molecule has 0 spiro atoms. The van der Waals surface area contributed by atoms with Crippen molar-refractivity contribution < 1.29 is 0 Å². The van der Waals surface area contributed by atoms with Gasteiger partial charge in [0.05, 0.1) is 0 Å². The van der Waals surface area contributed by atoms with Gasteiger partial charge in [0.2, 0.25) is 0 Å². The van der Waals surface area contributed by atoms with Gasteiger partial charge in [0.25, 0.3) is 0 Å². The molecule has 3 heteroatoms. The van der Waals surface area contributed by atoms with Crippen LogP contribution < -0.4 is 5.32 Å². The molecule has 19 heavy (non-hydrogen) atoms. The fourth-order valence-corrected chi connectivity index (χ4v) is 4.70. The van der Waals surface area contributed by atoms with Crippen LogP contribution in [-0.2, 0) is 19.4 Å². The number of likely N-dealkylation sites (tertiary alicyclic amines) is 1. The van der Waals surface area contributed by atoms with Gasteiger partial charge in [-0.05, 0) is 70.3 Å². The van der Waals surface area contributed by atoms with Crippen molar-refractivity contribution in [2.75, 3.05) is 20.1 Å². The van der Waals surface area contributed by atoms with Crippen molar-refractivity contribution in [3.8, 4) is 0 Å². The number of rotatable bonds is 5. The van der Waals surface area contributed by atoms with Crippen LogP contribution in [-0.4, -0.2) is 31.1 Å². The normalized spacial score (nSPS) is 23.7. The van der Waals surface area contributed by atoms with Gasteiger partial charge in [-0.25, -0.2) is 0 Å². The van der Waals surface area contributed by atoms with E-state index in [1.54, 1.807) is 15.3 Å². The summed E-state index contributed by atoms with van der Waals surface area (Å²) in [5.74, 6) is 0. The first-order valence-electron chi connectivity index (χ1n) is 7.84. The molecule has 1 aliphatic carbocycles. The highest BCUT2D eigenvalue weighted by Crippen LogP contribution is 2.30. The lowest BCUT2D eigenvalue weighted by Crippen LogP contribution is -2.38. The molecule has 1 N–H and O–H groups in total. The van der Waals surface area contributed by atoms with Gasteiger partial charge in [-0.15, -0.1) is 11.3 Å². The van der Waals surface area contributed by atoms with E-state index in [1.807, 2.05) is 11.3 Å². The minimum Gasteiger partial charge on any atom is -0.312 e. The number of nitrogens with zero attached hydrogens (tertiary/aromatic N) is 1. The molecule has 1 aliphatic heterocycles. The molecule has 2 nitrogen and oxygen atoms in total. The highest BCUT2D eigenvalue weighted by atomic mass is 32.1. The van der Waals surface area contributed by atoms with E-state index in [4.69, 9.17) is 0 Å².